The Morgan fingerprint density at radius 1 is 1.25 bits per heavy atom. The SMILES string of the molecule is O=C(O)[C@H]1CS[C@@H](c2ccc(Sc3cccc4cccnc34)c([N+](=O)[O-])c2)N1. The second-order valence-corrected chi connectivity index (χ2v) is 8.41. The van der Waals surface area contributed by atoms with Gasteiger partial charge in [-0.05, 0) is 23.8 Å². The molecule has 0 unspecified atom stereocenters. The Bertz CT molecular complexity index is 1070. The number of thioether (sulfide) groups is 1. The van der Waals surface area contributed by atoms with Crippen LogP contribution >= 0.6 is 23.5 Å². The van der Waals surface area contributed by atoms with Gasteiger partial charge in [0.15, 0.2) is 0 Å². The molecule has 3 aromatic rings. The number of pyridine rings is 1. The van der Waals surface area contributed by atoms with Gasteiger partial charge in [-0.1, -0.05) is 36.0 Å². The second kappa shape index (κ2) is 7.78. The Morgan fingerprint density at radius 3 is 2.82 bits per heavy atom. The predicted molar refractivity (Wildman–Crippen MR) is 109 cm³/mol. The van der Waals surface area contributed by atoms with Gasteiger partial charge in [-0.25, -0.2) is 0 Å². The van der Waals surface area contributed by atoms with E-state index in [1.165, 1.54) is 29.6 Å². The number of nitrogens with zero attached hydrogens (tertiary/aromatic N) is 2. The Labute approximate surface area is 168 Å². The van der Waals surface area contributed by atoms with Crippen molar-refractivity contribution in [2.45, 2.75) is 21.2 Å². The summed E-state index contributed by atoms with van der Waals surface area (Å²) in [7, 11) is 0. The molecule has 28 heavy (non-hydrogen) atoms. The van der Waals surface area contributed by atoms with E-state index in [0.29, 0.717) is 16.2 Å². The molecule has 2 heterocycles. The average molecular weight is 413 g/mol. The highest BCUT2D eigenvalue weighted by Crippen LogP contribution is 2.41. The Kier molecular flexibility index (Phi) is 5.21. The Morgan fingerprint density at radius 2 is 2.07 bits per heavy atom. The van der Waals surface area contributed by atoms with Crippen LogP contribution in [0.5, 0.6) is 0 Å². The number of rotatable bonds is 5. The van der Waals surface area contributed by atoms with Crippen molar-refractivity contribution < 1.29 is 14.8 Å². The molecule has 0 saturated carbocycles. The average Bonchev–Trinajstić information content (AvgIpc) is 3.19. The van der Waals surface area contributed by atoms with Crippen molar-refractivity contribution in [1.29, 1.82) is 0 Å². The molecule has 2 aromatic carbocycles. The summed E-state index contributed by atoms with van der Waals surface area (Å²) < 4.78 is 0. The summed E-state index contributed by atoms with van der Waals surface area (Å²) in [6, 6.07) is 13.9. The summed E-state index contributed by atoms with van der Waals surface area (Å²) in [5.74, 6) is -0.494. The highest BCUT2D eigenvalue weighted by molar-refractivity contribution is 8.00. The molecule has 1 saturated heterocycles. The van der Waals surface area contributed by atoms with Gasteiger partial charge < -0.3 is 5.11 Å². The van der Waals surface area contributed by atoms with Crippen LogP contribution < -0.4 is 5.32 Å². The number of nitro benzene ring substituents is 1. The topological polar surface area (TPSA) is 105 Å². The standard InChI is InChI=1S/C19H15N3O4S2/c23-19(24)13-10-27-18(21-13)12-6-7-15(14(9-12)22(25)26)28-16-5-1-3-11-4-2-8-20-17(11)16/h1-9,13,18,21H,10H2,(H,23,24)/t13-,18+/m1/s1. The molecule has 0 bridgehead atoms. The molecule has 1 aromatic heterocycles. The molecule has 142 valence electrons. The number of hydrogen-bond acceptors (Lipinski definition) is 7. The minimum Gasteiger partial charge on any atom is -0.480 e. The first-order valence-corrected chi connectivity index (χ1v) is 10.3. The summed E-state index contributed by atoms with van der Waals surface area (Å²) >= 11 is 2.74. The summed E-state index contributed by atoms with van der Waals surface area (Å²) in [5.41, 5.74) is 1.49. The number of hydrogen-bond donors (Lipinski definition) is 2. The number of nitro groups is 1. The van der Waals surface area contributed by atoms with Crippen molar-refractivity contribution in [3.8, 4) is 0 Å². The zero-order valence-corrected chi connectivity index (χ0v) is 16.1. The van der Waals surface area contributed by atoms with E-state index in [2.05, 4.69) is 10.3 Å². The van der Waals surface area contributed by atoms with Crippen LogP contribution in [0.1, 0.15) is 10.9 Å². The van der Waals surface area contributed by atoms with Gasteiger partial charge in [0.1, 0.15) is 6.04 Å². The number of aliphatic carboxylic acids is 1. The predicted octanol–water partition coefficient (Wildman–Crippen LogP) is 4.08. The zero-order chi connectivity index (χ0) is 19.7. The van der Waals surface area contributed by atoms with Gasteiger partial charge in [0.2, 0.25) is 0 Å². The number of carboxylic acid groups (broad SMARTS) is 1. The molecule has 2 N–H and O–H groups in total. The molecule has 1 aliphatic rings. The molecule has 7 nitrogen and oxygen atoms in total. The first-order valence-electron chi connectivity index (χ1n) is 8.43. The fourth-order valence-corrected chi connectivity index (χ4v) is 5.26. The lowest BCUT2D eigenvalue weighted by Gasteiger charge is -2.13. The largest absolute Gasteiger partial charge is 0.480 e. The molecule has 9 heteroatoms. The monoisotopic (exact) mass is 413 g/mol. The van der Waals surface area contributed by atoms with E-state index in [-0.39, 0.29) is 11.1 Å². The van der Waals surface area contributed by atoms with Crippen molar-refractivity contribution in [3.05, 3.63) is 70.4 Å². The Balaban J connectivity index is 1.66. The number of aromatic nitrogens is 1. The van der Waals surface area contributed by atoms with Crippen molar-refractivity contribution in [2.75, 3.05) is 5.75 Å². The number of fused-ring (bicyclic) bond motifs is 1. The van der Waals surface area contributed by atoms with Gasteiger partial charge in [-0.3, -0.25) is 25.2 Å². The van der Waals surface area contributed by atoms with E-state index < -0.39 is 16.9 Å². The molecule has 0 spiro atoms. The number of para-hydroxylation sites is 1. The fourth-order valence-electron chi connectivity index (χ4n) is 3.01. The first kappa shape index (κ1) is 18.7. The number of benzene rings is 2. The third kappa shape index (κ3) is 3.68. The van der Waals surface area contributed by atoms with E-state index in [0.717, 1.165) is 15.8 Å². The third-order valence-corrected chi connectivity index (χ3v) is 6.76. The van der Waals surface area contributed by atoms with Crippen LogP contribution in [-0.4, -0.2) is 32.8 Å². The minimum absolute atomic E-state index is 0.00314. The lowest BCUT2D eigenvalue weighted by atomic mass is 10.2. The maximum atomic E-state index is 11.7. The molecule has 0 amide bonds. The van der Waals surface area contributed by atoms with Gasteiger partial charge >= 0.3 is 5.97 Å². The van der Waals surface area contributed by atoms with E-state index in [4.69, 9.17) is 5.11 Å². The highest BCUT2D eigenvalue weighted by Gasteiger charge is 2.31. The van der Waals surface area contributed by atoms with Crippen LogP contribution in [0.2, 0.25) is 0 Å². The van der Waals surface area contributed by atoms with Crippen LogP contribution in [0.4, 0.5) is 5.69 Å². The molecule has 1 aliphatic heterocycles. The summed E-state index contributed by atoms with van der Waals surface area (Å²) in [4.78, 5) is 28.1. The normalized spacial score (nSPS) is 19.0. The number of carboxylic acids is 1. The maximum absolute atomic E-state index is 11.7. The van der Waals surface area contributed by atoms with Gasteiger partial charge in [0.25, 0.3) is 5.69 Å². The van der Waals surface area contributed by atoms with Crippen molar-refractivity contribution in [2.24, 2.45) is 0 Å². The molecule has 4 rings (SSSR count). The highest BCUT2D eigenvalue weighted by atomic mass is 32.2. The number of nitrogens with one attached hydrogen (secondary N) is 1. The Hall–Kier alpha value is -2.62. The quantitative estimate of drug-likeness (QED) is 0.476. The van der Waals surface area contributed by atoms with Crippen LogP contribution in [0, 0.1) is 10.1 Å². The van der Waals surface area contributed by atoms with Crippen LogP contribution in [0.25, 0.3) is 10.9 Å². The number of carbonyl (C=O) groups is 1. The van der Waals surface area contributed by atoms with Gasteiger partial charge in [-0.2, -0.15) is 0 Å². The molecule has 1 fully saturated rings. The summed E-state index contributed by atoms with van der Waals surface area (Å²) in [5, 5.41) is 24.5. The summed E-state index contributed by atoms with van der Waals surface area (Å²) in [6.07, 6.45) is 1.70. The molecule has 2 atom stereocenters. The van der Waals surface area contributed by atoms with Crippen molar-refractivity contribution >= 4 is 46.1 Å². The fraction of sp³-hybridized carbons (Fsp3) is 0.158. The summed E-state index contributed by atoms with van der Waals surface area (Å²) in [6.45, 7) is 0. The first-order chi connectivity index (χ1) is 13.5. The van der Waals surface area contributed by atoms with Gasteiger partial charge in [0.05, 0.1) is 20.7 Å². The zero-order valence-electron chi connectivity index (χ0n) is 14.4. The van der Waals surface area contributed by atoms with Crippen LogP contribution in [0.15, 0.2) is 64.5 Å². The van der Waals surface area contributed by atoms with E-state index in [1.807, 2.05) is 36.4 Å². The smallest absolute Gasteiger partial charge is 0.321 e. The van der Waals surface area contributed by atoms with E-state index in [9.17, 15) is 14.9 Å². The molecule has 0 aliphatic carbocycles. The van der Waals surface area contributed by atoms with Crippen LogP contribution in [0.3, 0.4) is 0 Å². The second-order valence-electron chi connectivity index (χ2n) is 6.19. The maximum Gasteiger partial charge on any atom is 0.321 e. The van der Waals surface area contributed by atoms with Crippen molar-refractivity contribution in [1.82, 2.24) is 10.3 Å². The lowest BCUT2D eigenvalue weighted by Crippen LogP contribution is -2.33. The van der Waals surface area contributed by atoms with Gasteiger partial charge in [0, 0.05) is 28.3 Å². The van der Waals surface area contributed by atoms with E-state index in [1.54, 1.807) is 12.3 Å². The third-order valence-electron chi connectivity index (χ3n) is 4.38. The van der Waals surface area contributed by atoms with Crippen molar-refractivity contribution in [3.63, 3.8) is 0 Å². The van der Waals surface area contributed by atoms with E-state index >= 15 is 0 Å². The molecule has 0 radical (unpaired) electrons. The van der Waals surface area contributed by atoms with Crippen LogP contribution in [-0.2, 0) is 4.79 Å². The lowest BCUT2D eigenvalue weighted by molar-refractivity contribution is -0.387. The molecular formula is C19H15N3O4S2. The molecular weight excluding hydrogens is 398 g/mol. The van der Waals surface area contributed by atoms with Gasteiger partial charge in [-0.15, -0.1) is 11.8 Å². The minimum atomic E-state index is -0.917.